The molecule has 2 aliphatic rings. The third kappa shape index (κ3) is 2.02. The van der Waals surface area contributed by atoms with Gasteiger partial charge in [0.05, 0.1) is 0 Å². The molecule has 1 fully saturated rings. The minimum Gasteiger partial charge on any atom is -0.283 e. The number of nitrogens with zero attached hydrogens (tertiary/aromatic N) is 1. The van der Waals surface area contributed by atoms with E-state index in [1.54, 1.807) is 0 Å². The molecule has 18 heavy (non-hydrogen) atoms. The van der Waals surface area contributed by atoms with E-state index >= 15 is 0 Å². The lowest BCUT2D eigenvalue weighted by molar-refractivity contribution is -0.138. The number of carbonyl (C=O) groups excluding carboxylic acids is 2. The molecule has 0 saturated carbocycles. The van der Waals surface area contributed by atoms with Gasteiger partial charge in [-0.1, -0.05) is 11.1 Å². The van der Waals surface area contributed by atoms with Crippen LogP contribution >= 0.6 is 0 Å². The van der Waals surface area contributed by atoms with E-state index < -0.39 is 0 Å². The van der Waals surface area contributed by atoms with Gasteiger partial charge in [0.15, 0.2) is 0 Å². The van der Waals surface area contributed by atoms with Crippen LogP contribution in [0.25, 0.3) is 0 Å². The van der Waals surface area contributed by atoms with Crippen LogP contribution in [0.1, 0.15) is 47.0 Å². The van der Waals surface area contributed by atoms with Crippen molar-refractivity contribution in [2.75, 3.05) is 6.54 Å². The normalized spacial score (nSPS) is 21.9. The first-order chi connectivity index (χ1) is 8.43. The van der Waals surface area contributed by atoms with Crippen molar-refractivity contribution < 1.29 is 9.59 Å². The van der Waals surface area contributed by atoms with E-state index in [4.69, 9.17) is 0 Å². The molecule has 0 aromatic carbocycles. The molecule has 0 radical (unpaired) electrons. The average Bonchev–Trinajstić information content (AvgIpc) is 2.74. The van der Waals surface area contributed by atoms with Crippen LogP contribution in [-0.4, -0.2) is 23.3 Å². The minimum absolute atomic E-state index is 0.00490. The van der Waals surface area contributed by atoms with Crippen molar-refractivity contribution in [3.8, 4) is 0 Å². The predicted octanol–water partition coefficient (Wildman–Crippen LogP) is 2.83. The molecule has 0 unspecified atom stereocenters. The van der Waals surface area contributed by atoms with Crippen LogP contribution in [0, 0.1) is 5.92 Å². The van der Waals surface area contributed by atoms with Gasteiger partial charge in [-0.15, -0.1) is 0 Å². The molecule has 0 atom stereocenters. The Balaban J connectivity index is 2.04. The zero-order valence-corrected chi connectivity index (χ0v) is 11.7. The summed E-state index contributed by atoms with van der Waals surface area (Å²) in [4.78, 5) is 24.6. The zero-order chi connectivity index (χ0) is 13.4. The SMILES string of the molecule is CC1=C(C)C(CCN2C(=O)CCC2=O)C(C)=C1C. The molecule has 3 heteroatoms. The van der Waals surface area contributed by atoms with Gasteiger partial charge in [0.25, 0.3) is 0 Å². The first-order valence-corrected chi connectivity index (χ1v) is 6.61. The molecule has 98 valence electrons. The van der Waals surface area contributed by atoms with Crippen LogP contribution in [0.15, 0.2) is 22.3 Å². The molecule has 0 N–H and O–H groups in total. The summed E-state index contributed by atoms with van der Waals surface area (Å²) in [6.07, 6.45) is 1.65. The number of likely N-dealkylation sites (tertiary alicyclic amines) is 1. The van der Waals surface area contributed by atoms with Crippen LogP contribution < -0.4 is 0 Å². The van der Waals surface area contributed by atoms with Gasteiger partial charge >= 0.3 is 0 Å². The molecule has 0 aromatic heterocycles. The largest absolute Gasteiger partial charge is 0.283 e. The molecule has 0 aromatic rings. The van der Waals surface area contributed by atoms with Gasteiger partial charge in [-0.05, 0) is 45.3 Å². The number of allylic oxidation sites excluding steroid dienone is 4. The Hall–Kier alpha value is -1.38. The standard InChI is InChI=1S/C15H21NO2/c1-9-10(2)12(4)13(11(9)3)7-8-16-14(17)5-6-15(16)18/h13H,5-8H2,1-4H3. The Morgan fingerprint density at radius 1 is 0.944 bits per heavy atom. The third-order valence-corrected chi connectivity index (χ3v) is 4.59. The molecule has 1 heterocycles. The maximum absolute atomic E-state index is 11.6. The summed E-state index contributed by atoms with van der Waals surface area (Å²) >= 11 is 0. The number of carbonyl (C=O) groups is 2. The van der Waals surface area contributed by atoms with Crippen LogP contribution in [0.5, 0.6) is 0 Å². The van der Waals surface area contributed by atoms with Gasteiger partial charge in [-0.2, -0.15) is 0 Å². The van der Waals surface area contributed by atoms with Crippen LogP contribution in [0.3, 0.4) is 0 Å². The highest BCUT2D eigenvalue weighted by Gasteiger charge is 2.31. The van der Waals surface area contributed by atoms with E-state index in [-0.39, 0.29) is 11.8 Å². The monoisotopic (exact) mass is 247 g/mol. The number of imide groups is 1. The summed E-state index contributed by atoms with van der Waals surface area (Å²) in [6.45, 7) is 9.19. The van der Waals surface area contributed by atoms with Crippen molar-refractivity contribution in [3.05, 3.63) is 22.3 Å². The van der Waals surface area contributed by atoms with E-state index in [1.807, 2.05) is 0 Å². The quantitative estimate of drug-likeness (QED) is 0.719. The Morgan fingerprint density at radius 2 is 1.39 bits per heavy atom. The molecule has 0 spiro atoms. The maximum atomic E-state index is 11.6. The van der Waals surface area contributed by atoms with Crippen LogP contribution in [0.4, 0.5) is 0 Å². The summed E-state index contributed by atoms with van der Waals surface area (Å²) < 4.78 is 0. The van der Waals surface area contributed by atoms with Crippen molar-refractivity contribution in [2.45, 2.75) is 47.0 Å². The Labute approximate surface area is 109 Å². The molecule has 1 aliphatic carbocycles. The summed E-state index contributed by atoms with van der Waals surface area (Å²) in [5, 5.41) is 0. The van der Waals surface area contributed by atoms with E-state index in [0.29, 0.717) is 25.3 Å². The number of rotatable bonds is 3. The number of hydrogen-bond donors (Lipinski definition) is 0. The van der Waals surface area contributed by atoms with Crippen molar-refractivity contribution in [1.82, 2.24) is 4.90 Å². The summed E-state index contributed by atoms with van der Waals surface area (Å²) in [7, 11) is 0. The van der Waals surface area contributed by atoms with Gasteiger partial charge in [0.2, 0.25) is 11.8 Å². The van der Waals surface area contributed by atoms with Crippen molar-refractivity contribution in [3.63, 3.8) is 0 Å². The average molecular weight is 247 g/mol. The molecular weight excluding hydrogens is 226 g/mol. The molecule has 3 nitrogen and oxygen atoms in total. The van der Waals surface area contributed by atoms with E-state index in [9.17, 15) is 9.59 Å². The lowest BCUT2D eigenvalue weighted by Gasteiger charge is -2.19. The second kappa shape index (κ2) is 4.71. The van der Waals surface area contributed by atoms with Crippen molar-refractivity contribution in [1.29, 1.82) is 0 Å². The van der Waals surface area contributed by atoms with E-state index in [2.05, 4.69) is 27.7 Å². The van der Waals surface area contributed by atoms with Gasteiger partial charge in [-0.3, -0.25) is 14.5 Å². The highest BCUT2D eigenvalue weighted by Crippen LogP contribution is 2.38. The van der Waals surface area contributed by atoms with Gasteiger partial charge < -0.3 is 0 Å². The molecule has 2 amide bonds. The van der Waals surface area contributed by atoms with Gasteiger partial charge in [-0.25, -0.2) is 0 Å². The van der Waals surface area contributed by atoms with E-state index in [1.165, 1.54) is 27.2 Å². The topological polar surface area (TPSA) is 37.4 Å². The highest BCUT2D eigenvalue weighted by molar-refractivity contribution is 6.01. The minimum atomic E-state index is -0.00490. The predicted molar refractivity (Wildman–Crippen MR) is 70.8 cm³/mol. The summed E-state index contributed by atoms with van der Waals surface area (Å²) in [5.74, 6) is 0.399. The fraction of sp³-hybridized carbons (Fsp3) is 0.600. The number of hydrogen-bond acceptors (Lipinski definition) is 2. The molecule has 1 saturated heterocycles. The van der Waals surface area contributed by atoms with Crippen LogP contribution in [-0.2, 0) is 9.59 Å². The third-order valence-electron chi connectivity index (χ3n) is 4.59. The van der Waals surface area contributed by atoms with Crippen LogP contribution in [0.2, 0.25) is 0 Å². The van der Waals surface area contributed by atoms with Gasteiger partial charge in [0, 0.05) is 25.3 Å². The molecule has 0 bridgehead atoms. The zero-order valence-electron chi connectivity index (χ0n) is 11.7. The van der Waals surface area contributed by atoms with E-state index in [0.717, 1.165) is 6.42 Å². The lowest BCUT2D eigenvalue weighted by Crippen LogP contribution is -2.31. The highest BCUT2D eigenvalue weighted by atomic mass is 16.2. The Morgan fingerprint density at radius 3 is 1.83 bits per heavy atom. The smallest absolute Gasteiger partial charge is 0.229 e. The number of amides is 2. The summed E-state index contributed by atoms with van der Waals surface area (Å²) in [5.41, 5.74) is 5.53. The first kappa shape index (κ1) is 13.1. The molecule has 2 rings (SSSR count). The van der Waals surface area contributed by atoms with Crippen molar-refractivity contribution >= 4 is 11.8 Å². The Bertz CT molecular complexity index is 431. The maximum Gasteiger partial charge on any atom is 0.229 e. The molecule has 1 aliphatic heterocycles. The fourth-order valence-electron chi connectivity index (χ4n) is 3.00. The Kier molecular flexibility index (Phi) is 3.42. The first-order valence-electron chi connectivity index (χ1n) is 6.61. The van der Waals surface area contributed by atoms with Crippen molar-refractivity contribution in [2.24, 2.45) is 5.92 Å². The fourth-order valence-corrected chi connectivity index (χ4v) is 3.00. The lowest BCUT2D eigenvalue weighted by atomic mass is 9.93. The molecular formula is C15H21NO2. The summed E-state index contributed by atoms with van der Waals surface area (Å²) in [6, 6.07) is 0. The second-order valence-electron chi connectivity index (χ2n) is 5.40. The van der Waals surface area contributed by atoms with Gasteiger partial charge in [0.1, 0.15) is 0 Å². The second-order valence-corrected chi connectivity index (χ2v) is 5.40.